The van der Waals surface area contributed by atoms with Crippen molar-refractivity contribution in [2.24, 2.45) is 0 Å². The molecule has 20 heavy (non-hydrogen) atoms. The molecule has 6 heteroatoms. The molecular weight excluding hydrogens is 340 g/mol. The number of sulfonamides is 1. The van der Waals surface area contributed by atoms with E-state index in [4.69, 9.17) is 5.73 Å². The second kappa shape index (κ2) is 5.95. The maximum absolute atomic E-state index is 12.3. The first-order valence-corrected chi connectivity index (χ1v) is 8.29. The lowest BCUT2D eigenvalue weighted by Crippen LogP contribution is -2.26. The van der Waals surface area contributed by atoms with Crippen LogP contribution in [0.1, 0.15) is 18.5 Å². The van der Waals surface area contributed by atoms with Crippen molar-refractivity contribution in [1.29, 1.82) is 0 Å². The summed E-state index contributed by atoms with van der Waals surface area (Å²) in [5, 5.41) is 0. The first-order chi connectivity index (χ1) is 9.38. The topological polar surface area (TPSA) is 72.2 Å². The summed E-state index contributed by atoms with van der Waals surface area (Å²) in [6, 6.07) is 13.4. The third-order valence-corrected chi connectivity index (χ3v) is 4.88. The third kappa shape index (κ3) is 3.59. The number of nitrogen functional groups attached to an aromatic ring is 1. The zero-order valence-electron chi connectivity index (χ0n) is 10.9. The molecule has 0 heterocycles. The highest BCUT2D eigenvalue weighted by molar-refractivity contribution is 9.10. The van der Waals surface area contributed by atoms with Gasteiger partial charge in [-0.15, -0.1) is 0 Å². The van der Waals surface area contributed by atoms with E-state index in [0.717, 1.165) is 10.0 Å². The van der Waals surface area contributed by atoms with Crippen molar-refractivity contribution >= 4 is 31.6 Å². The molecular formula is C14H15BrN2O2S. The highest BCUT2D eigenvalue weighted by Gasteiger charge is 2.18. The van der Waals surface area contributed by atoms with Gasteiger partial charge in [-0.05, 0) is 42.8 Å². The van der Waals surface area contributed by atoms with E-state index in [1.54, 1.807) is 49.4 Å². The van der Waals surface area contributed by atoms with Gasteiger partial charge in [-0.3, -0.25) is 0 Å². The molecule has 0 radical (unpaired) electrons. The van der Waals surface area contributed by atoms with Gasteiger partial charge in [-0.2, -0.15) is 0 Å². The van der Waals surface area contributed by atoms with Crippen molar-refractivity contribution in [3.63, 3.8) is 0 Å². The number of hydrogen-bond donors (Lipinski definition) is 2. The van der Waals surface area contributed by atoms with Crippen LogP contribution < -0.4 is 10.5 Å². The molecule has 0 fully saturated rings. The van der Waals surface area contributed by atoms with Gasteiger partial charge in [-0.1, -0.05) is 34.1 Å². The molecule has 4 nitrogen and oxygen atoms in total. The Morgan fingerprint density at radius 2 is 1.85 bits per heavy atom. The minimum absolute atomic E-state index is 0.225. The van der Waals surface area contributed by atoms with Gasteiger partial charge >= 0.3 is 0 Å². The second-order valence-electron chi connectivity index (χ2n) is 4.47. The molecule has 2 aromatic rings. The first-order valence-electron chi connectivity index (χ1n) is 6.02. The minimum atomic E-state index is -3.56. The van der Waals surface area contributed by atoms with E-state index in [9.17, 15) is 8.42 Å². The molecule has 0 aliphatic carbocycles. The Bertz CT molecular complexity index is 717. The van der Waals surface area contributed by atoms with Crippen LogP contribution in [0.5, 0.6) is 0 Å². The molecule has 0 saturated heterocycles. The lowest BCUT2D eigenvalue weighted by molar-refractivity contribution is 0.567. The van der Waals surface area contributed by atoms with Crippen molar-refractivity contribution in [1.82, 2.24) is 4.72 Å². The Hall–Kier alpha value is -1.37. The van der Waals surface area contributed by atoms with E-state index in [1.807, 2.05) is 6.07 Å². The SMILES string of the molecule is CC(NS(=O)(=O)c1cccc(Br)c1)c1cccc(N)c1. The number of rotatable bonds is 4. The van der Waals surface area contributed by atoms with E-state index < -0.39 is 10.0 Å². The average molecular weight is 355 g/mol. The second-order valence-corrected chi connectivity index (χ2v) is 7.10. The van der Waals surface area contributed by atoms with E-state index in [0.29, 0.717) is 5.69 Å². The molecule has 3 N–H and O–H groups in total. The maximum Gasteiger partial charge on any atom is 0.241 e. The van der Waals surface area contributed by atoms with Gasteiger partial charge in [0.25, 0.3) is 0 Å². The summed E-state index contributed by atoms with van der Waals surface area (Å²) in [7, 11) is -3.56. The molecule has 2 aromatic carbocycles. The van der Waals surface area contributed by atoms with Gasteiger partial charge in [0.15, 0.2) is 0 Å². The molecule has 2 rings (SSSR count). The van der Waals surface area contributed by atoms with Crippen molar-refractivity contribution in [3.8, 4) is 0 Å². The molecule has 0 amide bonds. The highest BCUT2D eigenvalue weighted by Crippen LogP contribution is 2.20. The highest BCUT2D eigenvalue weighted by atomic mass is 79.9. The number of anilines is 1. The summed E-state index contributed by atoms with van der Waals surface area (Å²) >= 11 is 3.27. The summed E-state index contributed by atoms with van der Waals surface area (Å²) in [5.74, 6) is 0. The summed E-state index contributed by atoms with van der Waals surface area (Å²) in [5.41, 5.74) is 7.14. The van der Waals surface area contributed by atoms with Crippen molar-refractivity contribution < 1.29 is 8.42 Å². The summed E-state index contributed by atoms with van der Waals surface area (Å²) < 4.78 is 27.9. The molecule has 0 aromatic heterocycles. The lowest BCUT2D eigenvalue weighted by Gasteiger charge is -2.15. The van der Waals surface area contributed by atoms with Gasteiger partial charge in [0.05, 0.1) is 4.90 Å². The van der Waals surface area contributed by atoms with E-state index in [2.05, 4.69) is 20.7 Å². The first kappa shape index (κ1) is 15.0. The Morgan fingerprint density at radius 3 is 2.50 bits per heavy atom. The van der Waals surface area contributed by atoms with Gasteiger partial charge in [-0.25, -0.2) is 13.1 Å². The van der Waals surface area contributed by atoms with E-state index >= 15 is 0 Å². The van der Waals surface area contributed by atoms with Crippen LogP contribution in [-0.2, 0) is 10.0 Å². The number of benzene rings is 2. The molecule has 0 aliphatic heterocycles. The predicted molar refractivity (Wildman–Crippen MR) is 83.7 cm³/mol. The summed E-state index contributed by atoms with van der Waals surface area (Å²) in [6.07, 6.45) is 0. The van der Waals surface area contributed by atoms with Crippen LogP contribution in [0.3, 0.4) is 0 Å². The van der Waals surface area contributed by atoms with E-state index in [1.165, 1.54) is 0 Å². The molecule has 106 valence electrons. The molecule has 0 saturated carbocycles. The van der Waals surface area contributed by atoms with Gasteiger partial charge in [0, 0.05) is 16.2 Å². The Labute approximate surface area is 127 Å². The van der Waals surface area contributed by atoms with Gasteiger partial charge in [0.2, 0.25) is 10.0 Å². The summed E-state index contributed by atoms with van der Waals surface area (Å²) in [4.78, 5) is 0.225. The quantitative estimate of drug-likeness (QED) is 0.828. The van der Waals surface area contributed by atoms with Crippen molar-refractivity contribution in [3.05, 3.63) is 58.6 Å². The number of nitrogens with one attached hydrogen (secondary N) is 1. The van der Waals surface area contributed by atoms with Crippen LogP contribution >= 0.6 is 15.9 Å². The Kier molecular flexibility index (Phi) is 4.47. The van der Waals surface area contributed by atoms with Crippen LogP contribution in [0.25, 0.3) is 0 Å². The van der Waals surface area contributed by atoms with Crippen LogP contribution in [0, 0.1) is 0 Å². The monoisotopic (exact) mass is 354 g/mol. The fraction of sp³-hybridized carbons (Fsp3) is 0.143. The Balaban J connectivity index is 2.24. The number of hydrogen-bond acceptors (Lipinski definition) is 3. The third-order valence-electron chi connectivity index (χ3n) is 2.85. The largest absolute Gasteiger partial charge is 0.399 e. The maximum atomic E-state index is 12.3. The van der Waals surface area contributed by atoms with Crippen LogP contribution in [0.2, 0.25) is 0 Å². The number of nitrogens with two attached hydrogens (primary N) is 1. The molecule has 0 spiro atoms. The molecule has 1 unspecified atom stereocenters. The minimum Gasteiger partial charge on any atom is -0.399 e. The average Bonchev–Trinajstić information content (AvgIpc) is 2.38. The van der Waals surface area contributed by atoms with Crippen molar-refractivity contribution in [2.75, 3.05) is 5.73 Å². The van der Waals surface area contributed by atoms with Crippen LogP contribution in [0.15, 0.2) is 57.9 Å². The fourth-order valence-electron chi connectivity index (χ4n) is 1.83. The van der Waals surface area contributed by atoms with Crippen LogP contribution in [0.4, 0.5) is 5.69 Å². The fourth-order valence-corrected chi connectivity index (χ4v) is 3.66. The summed E-state index contributed by atoms with van der Waals surface area (Å²) in [6.45, 7) is 1.78. The zero-order valence-corrected chi connectivity index (χ0v) is 13.3. The smallest absolute Gasteiger partial charge is 0.241 e. The van der Waals surface area contributed by atoms with Crippen molar-refractivity contribution in [2.45, 2.75) is 17.9 Å². The Morgan fingerprint density at radius 1 is 1.15 bits per heavy atom. The van der Waals surface area contributed by atoms with Crippen LogP contribution in [-0.4, -0.2) is 8.42 Å². The number of halogens is 1. The zero-order chi connectivity index (χ0) is 14.8. The standard InChI is InChI=1S/C14H15BrN2O2S/c1-10(11-4-2-6-13(16)8-11)17-20(18,19)14-7-3-5-12(15)9-14/h2-10,17H,16H2,1H3. The predicted octanol–water partition coefficient (Wildman–Crippen LogP) is 3.07. The molecule has 1 atom stereocenters. The lowest BCUT2D eigenvalue weighted by atomic mass is 10.1. The molecule has 0 bridgehead atoms. The van der Waals surface area contributed by atoms with E-state index in [-0.39, 0.29) is 10.9 Å². The van der Waals surface area contributed by atoms with Gasteiger partial charge in [0.1, 0.15) is 0 Å². The van der Waals surface area contributed by atoms with Gasteiger partial charge < -0.3 is 5.73 Å². The normalized spacial score (nSPS) is 13.1. The molecule has 0 aliphatic rings.